The highest BCUT2D eigenvalue weighted by molar-refractivity contribution is 5.85. The van der Waals surface area contributed by atoms with Crippen molar-refractivity contribution in [1.82, 2.24) is 0 Å². The Morgan fingerprint density at radius 2 is 1.79 bits per heavy atom. The molecule has 3 aromatic carbocycles. The number of nitrogens with two attached hydrogens (primary N) is 1. The fourth-order valence-electron chi connectivity index (χ4n) is 3.38. The topological polar surface area (TPSA) is 35.2 Å². The Kier molecular flexibility index (Phi) is 5.17. The molecule has 2 N–H and O–H groups in total. The number of hydrogen-bond donors (Lipinski definition) is 1. The number of benzene rings is 3. The van der Waals surface area contributed by atoms with Gasteiger partial charge >= 0.3 is 0 Å². The van der Waals surface area contributed by atoms with Crippen LogP contribution in [-0.2, 0) is 12.8 Å². The first-order valence-electron chi connectivity index (χ1n) is 8.60. The van der Waals surface area contributed by atoms with E-state index in [1.165, 1.54) is 27.5 Å². The first-order valence-corrected chi connectivity index (χ1v) is 8.60. The molecule has 3 aromatic rings. The quantitative estimate of drug-likeness (QED) is 0.715. The van der Waals surface area contributed by atoms with Crippen LogP contribution in [0.5, 0.6) is 5.75 Å². The summed E-state index contributed by atoms with van der Waals surface area (Å²) in [4.78, 5) is 0. The minimum atomic E-state index is 0.247. The van der Waals surface area contributed by atoms with Gasteiger partial charge in [0.25, 0.3) is 0 Å². The standard InChI is InChI=1S/C22H25NO/c1-3-16-11-12-22(24-2)21(13-16)19(15-23)14-18-9-6-8-17-7-4-5-10-20(17)18/h4-13,19H,3,14-15,23H2,1-2H3. The van der Waals surface area contributed by atoms with Crippen molar-refractivity contribution in [3.63, 3.8) is 0 Å². The summed E-state index contributed by atoms with van der Waals surface area (Å²) in [7, 11) is 1.73. The number of rotatable bonds is 6. The van der Waals surface area contributed by atoms with Crippen LogP contribution in [0.25, 0.3) is 10.8 Å². The molecule has 2 heteroatoms. The highest BCUT2D eigenvalue weighted by atomic mass is 16.5. The van der Waals surface area contributed by atoms with Gasteiger partial charge in [-0.3, -0.25) is 0 Å². The van der Waals surface area contributed by atoms with Crippen molar-refractivity contribution in [3.8, 4) is 5.75 Å². The van der Waals surface area contributed by atoms with Crippen molar-refractivity contribution in [2.75, 3.05) is 13.7 Å². The monoisotopic (exact) mass is 319 g/mol. The van der Waals surface area contributed by atoms with Crippen molar-refractivity contribution < 1.29 is 4.74 Å². The summed E-state index contributed by atoms with van der Waals surface area (Å²) in [5, 5.41) is 2.59. The average Bonchev–Trinajstić information content (AvgIpc) is 2.65. The Bertz CT molecular complexity index is 820. The zero-order valence-corrected chi connectivity index (χ0v) is 14.5. The number of methoxy groups -OCH3 is 1. The van der Waals surface area contributed by atoms with E-state index in [0.29, 0.717) is 6.54 Å². The molecule has 0 heterocycles. The number of ether oxygens (including phenoxy) is 1. The molecule has 0 saturated heterocycles. The summed E-state index contributed by atoms with van der Waals surface area (Å²) in [5.74, 6) is 1.18. The van der Waals surface area contributed by atoms with Crippen LogP contribution in [0.2, 0.25) is 0 Å². The maximum Gasteiger partial charge on any atom is 0.122 e. The maximum atomic E-state index is 6.16. The van der Waals surface area contributed by atoms with Gasteiger partial charge in [0.05, 0.1) is 7.11 Å². The highest BCUT2D eigenvalue weighted by Gasteiger charge is 2.17. The average molecular weight is 319 g/mol. The minimum absolute atomic E-state index is 0.247. The van der Waals surface area contributed by atoms with Crippen LogP contribution >= 0.6 is 0 Å². The normalized spacial score (nSPS) is 12.3. The minimum Gasteiger partial charge on any atom is -0.496 e. The van der Waals surface area contributed by atoms with Crippen LogP contribution in [0, 0.1) is 0 Å². The lowest BCUT2D eigenvalue weighted by Gasteiger charge is -2.20. The second-order valence-corrected chi connectivity index (χ2v) is 6.20. The van der Waals surface area contributed by atoms with Crippen LogP contribution in [0.15, 0.2) is 60.7 Å². The molecule has 0 aromatic heterocycles. The second kappa shape index (κ2) is 7.50. The molecule has 0 amide bonds. The van der Waals surface area contributed by atoms with Gasteiger partial charge < -0.3 is 10.5 Å². The van der Waals surface area contributed by atoms with Gasteiger partial charge in [0, 0.05) is 5.92 Å². The summed E-state index contributed by atoms with van der Waals surface area (Å²) >= 11 is 0. The third kappa shape index (κ3) is 3.29. The van der Waals surface area contributed by atoms with E-state index in [4.69, 9.17) is 10.5 Å². The Hall–Kier alpha value is -2.32. The van der Waals surface area contributed by atoms with Gasteiger partial charge in [0.15, 0.2) is 0 Å². The highest BCUT2D eigenvalue weighted by Crippen LogP contribution is 2.32. The van der Waals surface area contributed by atoms with Gasteiger partial charge in [-0.05, 0) is 52.9 Å². The first kappa shape index (κ1) is 16.5. The Balaban J connectivity index is 2.00. The Labute approximate surface area is 144 Å². The van der Waals surface area contributed by atoms with Crippen molar-refractivity contribution in [3.05, 3.63) is 77.4 Å². The zero-order chi connectivity index (χ0) is 16.9. The first-order chi connectivity index (χ1) is 11.8. The third-order valence-corrected chi connectivity index (χ3v) is 4.77. The van der Waals surface area contributed by atoms with Crippen molar-refractivity contribution in [2.45, 2.75) is 25.7 Å². The molecule has 3 rings (SSSR count). The summed E-state index contributed by atoms with van der Waals surface area (Å²) in [6.07, 6.45) is 1.93. The maximum absolute atomic E-state index is 6.16. The van der Waals surface area contributed by atoms with Gasteiger partial charge in [0.2, 0.25) is 0 Å². The lowest BCUT2D eigenvalue weighted by molar-refractivity contribution is 0.405. The molecule has 1 unspecified atom stereocenters. The lowest BCUT2D eigenvalue weighted by Crippen LogP contribution is -2.16. The molecule has 1 atom stereocenters. The molecule has 0 radical (unpaired) electrons. The summed E-state index contributed by atoms with van der Waals surface area (Å²) in [6.45, 7) is 2.78. The predicted molar refractivity (Wildman–Crippen MR) is 102 cm³/mol. The lowest BCUT2D eigenvalue weighted by atomic mass is 9.88. The largest absolute Gasteiger partial charge is 0.496 e. The Morgan fingerprint density at radius 3 is 2.54 bits per heavy atom. The Morgan fingerprint density at radius 1 is 1.00 bits per heavy atom. The van der Waals surface area contributed by atoms with E-state index in [0.717, 1.165) is 18.6 Å². The fourth-order valence-corrected chi connectivity index (χ4v) is 3.38. The molecule has 0 fully saturated rings. The molecular weight excluding hydrogens is 294 g/mol. The van der Waals surface area contributed by atoms with E-state index in [1.807, 2.05) is 0 Å². The third-order valence-electron chi connectivity index (χ3n) is 4.77. The van der Waals surface area contributed by atoms with Crippen molar-refractivity contribution >= 4 is 10.8 Å². The molecule has 0 aliphatic rings. The molecule has 2 nitrogen and oxygen atoms in total. The number of fused-ring (bicyclic) bond motifs is 1. The molecule has 24 heavy (non-hydrogen) atoms. The number of aryl methyl sites for hydroxylation is 1. The SMILES string of the molecule is CCc1ccc(OC)c(C(CN)Cc2cccc3ccccc23)c1. The van der Waals surface area contributed by atoms with Gasteiger partial charge in [0.1, 0.15) is 5.75 Å². The van der Waals surface area contributed by atoms with E-state index in [1.54, 1.807) is 7.11 Å². The molecule has 0 saturated carbocycles. The molecule has 0 aliphatic heterocycles. The van der Waals surface area contributed by atoms with Crippen molar-refractivity contribution in [2.24, 2.45) is 5.73 Å². The smallest absolute Gasteiger partial charge is 0.122 e. The van der Waals surface area contributed by atoms with Gasteiger partial charge in [-0.1, -0.05) is 61.5 Å². The van der Waals surface area contributed by atoms with Crippen LogP contribution < -0.4 is 10.5 Å². The summed E-state index contributed by atoms with van der Waals surface area (Å²) in [6, 6.07) is 21.5. The van der Waals surface area contributed by atoms with Gasteiger partial charge in [-0.2, -0.15) is 0 Å². The van der Waals surface area contributed by atoms with Crippen LogP contribution in [0.1, 0.15) is 29.5 Å². The van der Waals surface area contributed by atoms with E-state index >= 15 is 0 Å². The van der Waals surface area contributed by atoms with Crippen LogP contribution in [-0.4, -0.2) is 13.7 Å². The zero-order valence-electron chi connectivity index (χ0n) is 14.5. The van der Waals surface area contributed by atoms with E-state index in [9.17, 15) is 0 Å². The second-order valence-electron chi connectivity index (χ2n) is 6.20. The van der Waals surface area contributed by atoms with Crippen LogP contribution in [0.4, 0.5) is 0 Å². The van der Waals surface area contributed by atoms with Crippen molar-refractivity contribution in [1.29, 1.82) is 0 Å². The molecule has 0 spiro atoms. The molecule has 0 bridgehead atoms. The molecular formula is C22H25NO. The van der Waals surface area contributed by atoms with E-state index in [-0.39, 0.29) is 5.92 Å². The number of hydrogen-bond acceptors (Lipinski definition) is 2. The fraction of sp³-hybridized carbons (Fsp3) is 0.273. The predicted octanol–water partition coefficient (Wildman–Crippen LogP) is 4.70. The van der Waals surface area contributed by atoms with Crippen LogP contribution in [0.3, 0.4) is 0 Å². The summed E-state index contributed by atoms with van der Waals surface area (Å²) < 4.78 is 5.60. The van der Waals surface area contributed by atoms with Gasteiger partial charge in [-0.25, -0.2) is 0 Å². The molecule has 0 aliphatic carbocycles. The van der Waals surface area contributed by atoms with E-state index in [2.05, 4.69) is 67.6 Å². The summed E-state index contributed by atoms with van der Waals surface area (Å²) in [5.41, 5.74) is 10.0. The molecule has 124 valence electrons. The van der Waals surface area contributed by atoms with Gasteiger partial charge in [-0.15, -0.1) is 0 Å². The van der Waals surface area contributed by atoms with E-state index < -0.39 is 0 Å².